The first-order valence-electron chi connectivity index (χ1n) is 8.80. The normalized spacial score (nSPS) is 11.0. The van der Waals surface area contributed by atoms with Crippen LogP contribution >= 0.6 is 11.3 Å². The van der Waals surface area contributed by atoms with Crippen molar-refractivity contribution in [2.75, 3.05) is 5.32 Å². The molecule has 0 unspecified atom stereocenters. The molecule has 4 rings (SSSR count). The van der Waals surface area contributed by atoms with E-state index in [0.29, 0.717) is 16.6 Å². The van der Waals surface area contributed by atoms with Gasteiger partial charge in [-0.2, -0.15) is 0 Å². The summed E-state index contributed by atoms with van der Waals surface area (Å²) < 4.78 is 1.64. The van der Waals surface area contributed by atoms with Gasteiger partial charge >= 0.3 is 0 Å². The Bertz CT molecular complexity index is 1090. The maximum atomic E-state index is 12.8. The third kappa shape index (κ3) is 3.54. The summed E-state index contributed by atoms with van der Waals surface area (Å²) in [6, 6.07) is 11.2. The molecule has 0 aliphatic carbocycles. The second-order valence-electron chi connectivity index (χ2n) is 6.39. The second-order valence-corrected chi connectivity index (χ2v) is 7.42. The van der Waals surface area contributed by atoms with Gasteiger partial charge in [0.1, 0.15) is 23.5 Å². The summed E-state index contributed by atoms with van der Waals surface area (Å²) in [6.07, 6.45) is 6.49. The SMILES string of the molecule is CC(C)c1sc(NC(=O)c2cncn2-c2ccccn2)nc1-c1ccccn1. The van der Waals surface area contributed by atoms with E-state index in [-0.39, 0.29) is 11.8 Å². The zero-order chi connectivity index (χ0) is 19.5. The van der Waals surface area contributed by atoms with Crippen LogP contribution < -0.4 is 5.32 Å². The highest BCUT2D eigenvalue weighted by Gasteiger charge is 2.20. The molecule has 140 valence electrons. The summed E-state index contributed by atoms with van der Waals surface area (Å²) in [7, 11) is 0. The number of pyridine rings is 2. The van der Waals surface area contributed by atoms with Crippen molar-refractivity contribution in [2.24, 2.45) is 0 Å². The van der Waals surface area contributed by atoms with Gasteiger partial charge in [0.25, 0.3) is 5.91 Å². The number of hydrogen-bond donors (Lipinski definition) is 1. The summed E-state index contributed by atoms with van der Waals surface area (Å²) >= 11 is 1.46. The van der Waals surface area contributed by atoms with Gasteiger partial charge < -0.3 is 0 Å². The maximum absolute atomic E-state index is 12.8. The molecule has 0 bridgehead atoms. The Hall–Kier alpha value is -3.39. The van der Waals surface area contributed by atoms with Gasteiger partial charge in [0, 0.05) is 17.3 Å². The molecule has 0 spiro atoms. The molecule has 7 nitrogen and oxygen atoms in total. The smallest absolute Gasteiger partial charge is 0.276 e. The molecule has 0 aliphatic heterocycles. The van der Waals surface area contributed by atoms with Crippen LogP contribution in [0.5, 0.6) is 0 Å². The van der Waals surface area contributed by atoms with Crippen molar-refractivity contribution in [1.82, 2.24) is 24.5 Å². The summed E-state index contributed by atoms with van der Waals surface area (Å²) in [5.41, 5.74) is 1.98. The van der Waals surface area contributed by atoms with E-state index in [4.69, 9.17) is 0 Å². The molecule has 1 N–H and O–H groups in total. The number of rotatable bonds is 5. The molecule has 0 atom stereocenters. The molecule has 0 aliphatic rings. The van der Waals surface area contributed by atoms with Gasteiger partial charge in [0.15, 0.2) is 5.13 Å². The molecule has 28 heavy (non-hydrogen) atoms. The Labute approximate surface area is 166 Å². The first-order chi connectivity index (χ1) is 13.6. The van der Waals surface area contributed by atoms with Crippen LogP contribution in [-0.2, 0) is 0 Å². The quantitative estimate of drug-likeness (QED) is 0.553. The van der Waals surface area contributed by atoms with Crippen molar-refractivity contribution in [1.29, 1.82) is 0 Å². The van der Waals surface area contributed by atoms with Crippen molar-refractivity contribution >= 4 is 22.4 Å². The van der Waals surface area contributed by atoms with Crippen molar-refractivity contribution in [3.05, 3.63) is 71.9 Å². The molecule has 8 heteroatoms. The Kier molecular flexibility index (Phi) is 4.94. The van der Waals surface area contributed by atoms with Gasteiger partial charge in [-0.1, -0.05) is 26.0 Å². The molecule has 4 heterocycles. The van der Waals surface area contributed by atoms with Crippen molar-refractivity contribution < 1.29 is 4.79 Å². The molecular weight excluding hydrogens is 372 g/mol. The van der Waals surface area contributed by atoms with Gasteiger partial charge in [-0.3, -0.25) is 19.7 Å². The average molecular weight is 390 g/mol. The van der Waals surface area contributed by atoms with Crippen molar-refractivity contribution in [3.8, 4) is 17.2 Å². The fourth-order valence-corrected chi connectivity index (χ4v) is 3.74. The standard InChI is InChI=1S/C20H18N6OS/c1-13(2)18-17(14-7-3-5-9-22-14)24-20(28-18)25-19(27)15-11-21-12-26(15)16-8-4-6-10-23-16/h3-13H,1-2H3,(H,24,25,27). The van der Waals surface area contributed by atoms with Crippen LogP contribution in [0.3, 0.4) is 0 Å². The number of thiazole rings is 1. The molecule has 0 saturated carbocycles. The van der Waals surface area contributed by atoms with Crippen LogP contribution in [0, 0.1) is 0 Å². The zero-order valence-electron chi connectivity index (χ0n) is 15.4. The van der Waals surface area contributed by atoms with E-state index in [1.165, 1.54) is 17.5 Å². The van der Waals surface area contributed by atoms with Gasteiger partial charge in [-0.05, 0) is 30.2 Å². The van der Waals surface area contributed by atoms with E-state index in [1.54, 1.807) is 23.3 Å². The molecule has 0 aromatic carbocycles. The fraction of sp³-hybridized carbons (Fsp3) is 0.150. The maximum Gasteiger partial charge on any atom is 0.276 e. The van der Waals surface area contributed by atoms with E-state index in [9.17, 15) is 4.79 Å². The van der Waals surface area contributed by atoms with Gasteiger partial charge in [-0.15, -0.1) is 11.3 Å². The molecule has 1 amide bonds. The van der Waals surface area contributed by atoms with Gasteiger partial charge in [-0.25, -0.2) is 15.0 Å². The molecular formula is C20H18N6OS. The predicted octanol–water partition coefficient (Wildman–Crippen LogP) is 4.16. The van der Waals surface area contributed by atoms with Gasteiger partial charge in [0.2, 0.25) is 0 Å². The molecule has 4 aromatic rings. The van der Waals surface area contributed by atoms with E-state index < -0.39 is 0 Å². The van der Waals surface area contributed by atoms with E-state index in [0.717, 1.165) is 16.3 Å². The lowest BCUT2D eigenvalue weighted by Crippen LogP contribution is -2.16. The lowest BCUT2D eigenvalue weighted by Gasteiger charge is -2.06. The van der Waals surface area contributed by atoms with E-state index in [2.05, 4.69) is 39.1 Å². The summed E-state index contributed by atoms with van der Waals surface area (Å²) in [6.45, 7) is 4.20. The van der Waals surface area contributed by atoms with E-state index >= 15 is 0 Å². The third-order valence-electron chi connectivity index (χ3n) is 4.07. The summed E-state index contributed by atoms with van der Waals surface area (Å²) in [5, 5.41) is 3.42. The highest BCUT2D eigenvalue weighted by molar-refractivity contribution is 7.16. The number of hydrogen-bond acceptors (Lipinski definition) is 6. The molecule has 0 saturated heterocycles. The fourth-order valence-electron chi connectivity index (χ4n) is 2.77. The monoisotopic (exact) mass is 390 g/mol. The van der Waals surface area contributed by atoms with Crippen LogP contribution in [0.2, 0.25) is 0 Å². The lowest BCUT2D eigenvalue weighted by molar-refractivity contribution is 0.102. The largest absolute Gasteiger partial charge is 0.296 e. The van der Waals surface area contributed by atoms with E-state index in [1.807, 2.05) is 36.4 Å². The number of aromatic nitrogens is 5. The number of imidazole rings is 1. The minimum atomic E-state index is -0.292. The van der Waals surface area contributed by atoms with Crippen molar-refractivity contribution in [3.63, 3.8) is 0 Å². The highest BCUT2D eigenvalue weighted by Crippen LogP contribution is 2.35. The van der Waals surface area contributed by atoms with Crippen LogP contribution in [0.15, 0.2) is 61.3 Å². The number of carbonyl (C=O) groups excluding carboxylic acids is 1. The number of nitrogens with one attached hydrogen (secondary N) is 1. The summed E-state index contributed by atoms with van der Waals surface area (Å²) in [4.78, 5) is 31.3. The number of nitrogens with zero attached hydrogens (tertiary/aromatic N) is 5. The zero-order valence-corrected chi connectivity index (χ0v) is 16.2. The molecule has 0 fully saturated rings. The highest BCUT2D eigenvalue weighted by atomic mass is 32.1. The van der Waals surface area contributed by atoms with Crippen LogP contribution in [0.1, 0.15) is 35.1 Å². The predicted molar refractivity (Wildman–Crippen MR) is 109 cm³/mol. The minimum absolute atomic E-state index is 0.263. The first-order valence-corrected chi connectivity index (χ1v) is 9.62. The number of carbonyl (C=O) groups is 1. The van der Waals surface area contributed by atoms with Crippen molar-refractivity contribution in [2.45, 2.75) is 19.8 Å². The Balaban J connectivity index is 1.64. The molecule has 4 aromatic heterocycles. The minimum Gasteiger partial charge on any atom is -0.296 e. The van der Waals surface area contributed by atoms with Crippen LogP contribution in [-0.4, -0.2) is 30.4 Å². The second kappa shape index (κ2) is 7.69. The summed E-state index contributed by atoms with van der Waals surface area (Å²) in [5.74, 6) is 0.598. The number of anilines is 1. The Morgan fingerprint density at radius 2 is 1.89 bits per heavy atom. The topological polar surface area (TPSA) is 85.6 Å². The third-order valence-corrected chi connectivity index (χ3v) is 5.34. The first kappa shape index (κ1) is 18.0. The number of amides is 1. The Morgan fingerprint density at radius 3 is 2.57 bits per heavy atom. The van der Waals surface area contributed by atoms with Crippen LogP contribution in [0.4, 0.5) is 5.13 Å². The molecule has 0 radical (unpaired) electrons. The average Bonchev–Trinajstić information content (AvgIpc) is 3.37. The van der Waals surface area contributed by atoms with Crippen LogP contribution in [0.25, 0.3) is 17.2 Å². The Morgan fingerprint density at radius 1 is 1.11 bits per heavy atom. The lowest BCUT2D eigenvalue weighted by atomic mass is 10.1. The van der Waals surface area contributed by atoms with Gasteiger partial charge in [0.05, 0.1) is 11.9 Å².